The Hall–Kier alpha value is -3.07. The molecule has 0 aliphatic heterocycles. The molecule has 2 N–H and O–H groups in total. The number of urea groups is 1. The average Bonchev–Trinajstić information content (AvgIpc) is 2.62. The molecule has 25 heavy (non-hydrogen) atoms. The second-order valence-corrected chi connectivity index (χ2v) is 6.25. The number of rotatable bonds is 5. The standard InChI is InChI=1S/C19H22N4O2/c1-13(16-9-10-21-11-17(16)25-4)22-18(24)23-15-7-5-14(6-8-15)19(2,3)12-20/h5-11,13H,1-4H3,(H2,22,23,24). The highest BCUT2D eigenvalue weighted by Crippen LogP contribution is 2.25. The van der Waals surface area contributed by atoms with E-state index in [9.17, 15) is 4.79 Å². The van der Waals surface area contributed by atoms with Gasteiger partial charge in [-0.15, -0.1) is 0 Å². The number of hydrogen-bond acceptors (Lipinski definition) is 4. The fourth-order valence-electron chi connectivity index (χ4n) is 2.40. The number of aromatic nitrogens is 1. The van der Waals surface area contributed by atoms with Crippen molar-refractivity contribution in [1.29, 1.82) is 5.26 Å². The smallest absolute Gasteiger partial charge is 0.319 e. The Labute approximate surface area is 147 Å². The number of methoxy groups -OCH3 is 1. The van der Waals surface area contributed by atoms with Gasteiger partial charge in [-0.2, -0.15) is 5.26 Å². The van der Waals surface area contributed by atoms with Crippen LogP contribution in [0.25, 0.3) is 0 Å². The molecule has 0 radical (unpaired) electrons. The van der Waals surface area contributed by atoms with E-state index in [2.05, 4.69) is 21.7 Å². The number of ether oxygens (including phenoxy) is 1. The van der Waals surface area contributed by atoms with E-state index in [1.165, 1.54) is 0 Å². The first kappa shape index (κ1) is 18.3. The van der Waals surface area contributed by atoms with Gasteiger partial charge >= 0.3 is 6.03 Å². The molecule has 1 heterocycles. The summed E-state index contributed by atoms with van der Waals surface area (Å²) in [5.74, 6) is 0.624. The van der Waals surface area contributed by atoms with Gasteiger partial charge in [0.25, 0.3) is 0 Å². The molecule has 2 rings (SSSR count). The van der Waals surface area contributed by atoms with Crippen LogP contribution in [0.3, 0.4) is 0 Å². The van der Waals surface area contributed by atoms with Crippen LogP contribution in [0, 0.1) is 11.3 Å². The highest BCUT2D eigenvalue weighted by atomic mass is 16.5. The van der Waals surface area contributed by atoms with Crippen molar-refractivity contribution in [2.45, 2.75) is 32.2 Å². The van der Waals surface area contributed by atoms with E-state index in [-0.39, 0.29) is 12.1 Å². The molecule has 1 aromatic carbocycles. The highest BCUT2D eigenvalue weighted by Gasteiger charge is 2.19. The number of carbonyl (C=O) groups excluding carboxylic acids is 1. The summed E-state index contributed by atoms with van der Waals surface area (Å²) in [4.78, 5) is 16.2. The van der Waals surface area contributed by atoms with Crippen molar-refractivity contribution in [1.82, 2.24) is 10.3 Å². The second kappa shape index (κ2) is 7.67. The Morgan fingerprint density at radius 2 is 1.96 bits per heavy atom. The fourth-order valence-corrected chi connectivity index (χ4v) is 2.40. The molecular formula is C19H22N4O2. The van der Waals surface area contributed by atoms with Gasteiger partial charge < -0.3 is 15.4 Å². The third-order valence-electron chi connectivity index (χ3n) is 3.99. The summed E-state index contributed by atoms with van der Waals surface area (Å²) in [5.41, 5.74) is 1.84. The lowest BCUT2D eigenvalue weighted by Gasteiger charge is -2.18. The van der Waals surface area contributed by atoms with Gasteiger partial charge in [-0.05, 0) is 44.5 Å². The zero-order chi connectivity index (χ0) is 18.4. The predicted octanol–water partition coefficient (Wildman–Crippen LogP) is 3.77. The molecule has 0 saturated heterocycles. The molecule has 1 aromatic heterocycles. The molecule has 6 nitrogen and oxygen atoms in total. The maximum absolute atomic E-state index is 12.2. The van der Waals surface area contributed by atoms with E-state index in [1.54, 1.807) is 31.6 Å². The van der Waals surface area contributed by atoms with Gasteiger partial charge in [0, 0.05) is 17.4 Å². The third kappa shape index (κ3) is 4.48. The van der Waals surface area contributed by atoms with Gasteiger partial charge in [-0.1, -0.05) is 12.1 Å². The van der Waals surface area contributed by atoms with E-state index in [0.29, 0.717) is 11.4 Å². The van der Waals surface area contributed by atoms with Gasteiger partial charge in [0.05, 0.1) is 30.8 Å². The first-order chi connectivity index (χ1) is 11.9. The topological polar surface area (TPSA) is 87.0 Å². The number of nitriles is 1. The van der Waals surface area contributed by atoms with Crippen molar-refractivity contribution >= 4 is 11.7 Å². The first-order valence-electron chi connectivity index (χ1n) is 7.94. The normalized spacial score (nSPS) is 12.0. The van der Waals surface area contributed by atoms with E-state index in [4.69, 9.17) is 10.00 Å². The summed E-state index contributed by atoms with van der Waals surface area (Å²) < 4.78 is 5.26. The fraction of sp³-hybridized carbons (Fsp3) is 0.316. The van der Waals surface area contributed by atoms with Crippen molar-refractivity contribution < 1.29 is 9.53 Å². The van der Waals surface area contributed by atoms with Gasteiger partial charge in [-0.25, -0.2) is 4.79 Å². The van der Waals surface area contributed by atoms with E-state index in [1.807, 2.05) is 39.0 Å². The van der Waals surface area contributed by atoms with Crippen molar-refractivity contribution in [3.8, 4) is 11.8 Å². The zero-order valence-corrected chi connectivity index (χ0v) is 14.8. The molecule has 2 amide bonds. The molecule has 1 unspecified atom stereocenters. The van der Waals surface area contributed by atoms with Gasteiger partial charge in [0.2, 0.25) is 0 Å². The van der Waals surface area contributed by atoms with Crippen LogP contribution >= 0.6 is 0 Å². The van der Waals surface area contributed by atoms with E-state index < -0.39 is 5.41 Å². The summed E-state index contributed by atoms with van der Waals surface area (Å²) in [6.45, 7) is 5.58. The molecule has 0 spiro atoms. The lowest BCUT2D eigenvalue weighted by Crippen LogP contribution is -2.31. The number of amides is 2. The minimum atomic E-state index is -0.562. The summed E-state index contributed by atoms with van der Waals surface area (Å²) in [6, 6.07) is 10.8. The van der Waals surface area contributed by atoms with Crippen LogP contribution in [-0.2, 0) is 5.41 Å². The number of nitrogens with one attached hydrogen (secondary N) is 2. The third-order valence-corrected chi connectivity index (χ3v) is 3.99. The van der Waals surface area contributed by atoms with E-state index in [0.717, 1.165) is 11.1 Å². The van der Waals surface area contributed by atoms with Crippen LogP contribution in [0.1, 0.15) is 37.9 Å². The van der Waals surface area contributed by atoms with Crippen molar-refractivity contribution in [3.05, 3.63) is 53.9 Å². The number of hydrogen-bond donors (Lipinski definition) is 2. The first-order valence-corrected chi connectivity index (χ1v) is 7.94. The molecular weight excluding hydrogens is 316 g/mol. The van der Waals surface area contributed by atoms with Crippen molar-refractivity contribution in [2.24, 2.45) is 0 Å². The summed E-state index contributed by atoms with van der Waals surface area (Å²) in [5, 5.41) is 14.8. The maximum Gasteiger partial charge on any atom is 0.319 e. The molecule has 0 fully saturated rings. The largest absolute Gasteiger partial charge is 0.495 e. The average molecular weight is 338 g/mol. The minimum Gasteiger partial charge on any atom is -0.495 e. The van der Waals surface area contributed by atoms with Crippen LogP contribution in [0.2, 0.25) is 0 Å². The van der Waals surface area contributed by atoms with Crippen LogP contribution in [-0.4, -0.2) is 18.1 Å². The monoisotopic (exact) mass is 338 g/mol. The zero-order valence-electron chi connectivity index (χ0n) is 14.8. The SMILES string of the molecule is COc1cnccc1C(C)NC(=O)Nc1ccc(C(C)(C)C#N)cc1. The van der Waals surface area contributed by atoms with Crippen LogP contribution in [0.5, 0.6) is 5.75 Å². The van der Waals surface area contributed by atoms with Crippen molar-refractivity contribution in [2.75, 3.05) is 12.4 Å². The Morgan fingerprint density at radius 3 is 2.56 bits per heavy atom. The van der Waals surface area contributed by atoms with Gasteiger partial charge in [-0.3, -0.25) is 4.98 Å². The Bertz CT molecular complexity index is 779. The highest BCUT2D eigenvalue weighted by molar-refractivity contribution is 5.89. The molecule has 130 valence electrons. The minimum absolute atomic E-state index is 0.241. The number of carbonyl (C=O) groups is 1. The Balaban J connectivity index is 2.02. The predicted molar refractivity (Wildman–Crippen MR) is 96.4 cm³/mol. The van der Waals surface area contributed by atoms with Crippen LogP contribution < -0.4 is 15.4 Å². The van der Waals surface area contributed by atoms with Gasteiger partial charge in [0.1, 0.15) is 5.75 Å². The molecule has 1 atom stereocenters. The number of benzene rings is 1. The lowest BCUT2D eigenvalue weighted by atomic mass is 9.86. The Morgan fingerprint density at radius 1 is 1.28 bits per heavy atom. The quantitative estimate of drug-likeness (QED) is 0.868. The molecule has 0 bridgehead atoms. The molecule has 6 heteroatoms. The summed E-state index contributed by atoms with van der Waals surface area (Å²) in [7, 11) is 1.57. The van der Waals surface area contributed by atoms with Gasteiger partial charge in [0.15, 0.2) is 0 Å². The Kier molecular flexibility index (Phi) is 5.60. The number of nitrogens with zero attached hydrogens (tertiary/aromatic N) is 2. The summed E-state index contributed by atoms with van der Waals surface area (Å²) >= 11 is 0. The number of pyridine rings is 1. The molecule has 0 aliphatic carbocycles. The second-order valence-electron chi connectivity index (χ2n) is 6.25. The molecule has 0 saturated carbocycles. The molecule has 2 aromatic rings. The van der Waals surface area contributed by atoms with E-state index >= 15 is 0 Å². The summed E-state index contributed by atoms with van der Waals surface area (Å²) in [6.07, 6.45) is 3.27. The molecule has 0 aliphatic rings. The van der Waals surface area contributed by atoms with Crippen molar-refractivity contribution in [3.63, 3.8) is 0 Å². The van der Waals surface area contributed by atoms with Crippen LogP contribution in [0.4, 0.5) is 10.5 Å². The number of anilines is 1. The lowest BCUT2D eigenvalue weighted by molar-refractivity contribution is 0.249. The maximum atomic E-state index is 12.2. The van der Waals surface area contributed by atoms with Crippen LogP contribution in [0.15, 0.2) is 42.7 Å².